The van der Waals surface area contributed by atoms with E-state index in [-0.39, 0.29) is 0 Å². The molecule has 2 aromatic carbocycles. The van der Waals surface area contributed by atoms with Crippen molar-refractivity contribution >= 4 is 28.1 Å². The molecule has 0 amide bonds. The number of rotatable bonds is 2. The van der Waals surface area contributed by atoms with Gasteiger partial charge in [0.1, 0.15) is 0 Å². The van der Waals surface area contributed by atoms with E-state index < -0.39 is 23.2 Å². The molecule has 0 bridgehead atoms. The van der Waals surface area contributed by atoms with E-state index in [1.54, 1.807) is 27.8 Å². The summed E-state index contributed by atoms with van der Waals surface area (Å²) in [5.74, 6) is 0. The van der Waals surface area contributed by atoms with E-state index >= 15 is 0 Å². The zero-order chi connectivity index (χ0) is 17.2. The first kappa shape index (κ1) is 16.5. The molecule has 0 spiro atoms. The first-order chi connectivity index (χ1) is 12.1. The molecule has 2 aromatic rings. The van der Waals surface area contributed by atoms with Gasteiger partial charge < -0.3 is 0 Å². The Balaban J connectivity index is 1.57. The molecule has 0 aliphatic heterocycles. The summed E-state index contributed by atoms with van der Waals surface area (Å²) >= 11 is 3.20. The van der Waals surface area contributed by atoms with Crippen LogP contribution in [0, 0.1) is 0 Å². The minimum absolute atomic E-state index is 0.298. The van der Waals surface area contributed by atoms with Crippen molar-refractivity contribution in [1.29, 1.82) is 0 Å². The van der Waals surface area contributed by atoms with Crippen molar-refractivity contribution < 1.29 is 23.2 Å². The average molecular weight is 469 g/mol. The molecular formula is C23H21BrZr. The van der Waals surface area contributed by atoms with Gasteiger partial charge in [-0.3, -0.25) is 0 Å². The van der Waals surface area contributed by atoms with Crippen LogP contribution in [0.1, 0.15) is 57.3 Å². The third-order valence-electron chi connectivity index (χ3n) is 6.10. The van der Waals surface area contributed by atoms with Gasteiger partial charge in [-0.1, -0.05) is 0 Å². The second-order valence-corrected chi connectivity index (χ2v) is 13.2. The Kier molecular flexibility index (Phi) is 3.88. The molecule has 0 nitrogen and oxygen atoms in total. The van der Waals surface area contributed by atoms with Crippen molar-refractivity contribution in [3.63, 3.8) is 0 Å². The molecule has 0 radical (unpaired) electrons. The summed E-state index contributed by atoms with van der Waals surface area (Å²) in [6, 6.07) is 11.6. The van der Waals surface area contributed by atoms with Crippen LogP contribution in [0.25, 0.3) is 12.2 Å². The summed E-state index contributed by atoms with van der Waals surface area (Å²) in [5.41, 5.74) is 10.9. The van der Waals surface area contributed by atoms with Crippen LogP contribution in [0.3, 0.4) is 0 Å². The number of fused-ring (bicyclic) bond motifs is 3. The number of aryl methyl sites for hydroxylation is 1. The SMILES string of the molecule is CC1=Cc2c(cc3c(c2Br)CCC3)[CH]1[Zr][C]1(C)C=Cc2ccccc21. The fraction of sp³-hybridized carbons (Fsp3) is 0.304. The van der Waals surface area contributed by atoms with Crippen LogP contribution in [0.5, 0.6) is 0 Å². The van der Waals surface area contributed by atoms with Gasteiger partial charge in [0, 0.05) is 0 Å². The summed E-state index contributed by atoms with van der Waals surface area (Å²) in [5, 5.41) is 0. The molecule has 0 heterocycles. The molecule has 2 heteroatoms. The molecule has 25 heavy (non-hydrogen) atoms. The van der Waals surface area contributed by atoms with Crippen molar-refractivity contribution in [2.75, 3.05) is 0 Å². The van der Waals surface area contributed by atoms with Crippen molar-refractivity contribution in [3.8, 4) is 0 Å². The second kappa shape index (κ2) is 5.90. The van der Waals surface area contributed by atoms with Gasteiger partial charge in [0.2, 0.25) is 0 Å². The van der Waals surface area contributed by atoms with Gasteiger partial charge in [0.05, 0.1) is 0 Å². The van der Waals surface area contributed by atoms with Crippen molar-refractivity contribution in [2.45, 2.75) is 39.9 Å². The van der Waals surface area contributed by atoms with Gasteiger partial charge in [0.25, 0.3) is 0 Å². The molecule has 3 aliphatic carbocycles. The maximum atomic E-state index is 3.95. The van der Waals surface area contributed by atoms with E-state index in [9.17, 15) is 0 Å². The Bertz CT molecular complexity index is 953. The predicted molar refractivity (Wildman–Crippen MR) is 105 cm³/mol. The molecular weight excluding hydrogens is 447 g/mol. The van der Waals surface area contributed by atoms with Gasteiger partial charge in [-0.15, -0.1) is 0 Å². The Hall–Kier alpha value is -0.717. The monoisotopic (exact) mass is 466 g/mol. The van der Waals surface area contributed by atoms with Crippen LogP contribution >= 0.6 is 15.9 Å². The molecule has 0 N–H and O–H groups in total. The summed E-state index contributed by atoms with van der Waals surface area (Å²) in [6.45, 7) is 4.84. The van der Waals surface area contributed by atoms with Crippen LogP contribution in [-0.2, 0) is 39.2 Å². The van der Waals surface area contributed by atoms with E-state index in [1.165, 1.54) is 34.9 Å². The van der Waals surface area contributed by atoms with Crippen LogP contribution in [0.15, 0.2) is 46.5 Å². The van der Waals surface area contributed by atoms with Crippen molar-refractivity contribution in [1.82, 2.24) is 0 Å². The number of benzene rings is 2. The van der Waals surface area contributed by atoms with Gasteiger partial charge >= 0.3 is 171 Å². The fourth-order valence-corrected chi connectivity index (χ4v) is 10.1. The number of hydrogen-bond donors (Lipinski definition) is 0. The van der Waals surface area contributed by atoms with E-state index in [1.807, 2.05) is 0 Å². The minimum atomic E-state index is -0.754. The summed E-state index contributed by atoms with van der Waals surface area (Å²) in [4.78, 5) is 0. The predicted octanol–water partition coefficient (Wildman–Crippen LogP) is 6.42. The summed E-state index contributed by atoms with van der Waals surface area (Å²) in [6.07, 6.45) is 11.1. The Morgan fingerprint density at radius 2 is 2.04 bits per heavy atom. The topological polar surface area (TPSA) is 0 Å². The third-order valence-corrected chi connectivity index (χ3v) is 12.1. The normalized spacial score (nSPS) is 25.6. The molecule has 0 saturated heterocycles. The molecule has 2 unspecified atom stereocenters. The van der Waals surface area contributed by atoms with Crippen LogP contribution in [0.2, 0.25) is 0 Å². The van der Waals surface area contributed by atoms with Crippen LogP contribution in [0.4, 0.5) is 0 Å². The van der Waals surface area contributed by atoms with Crippen LogP contribution < -0.4 is 0 Å². The number of allylic oxidation sites excluding steroid dienone is 2. The quantitative estimate of drug-likeness (QED) is 0.477. The fourth-order valence-electron chi connectivity index (χ4n) is 4.75. The molecule has 2 atom stereocenters. The zero-order valence-corrected chi connectivity index (χ0v) is 18.7. The molecule has 0 aromatic heterocycles. The summed E-state index contributed by atoms with van der Waals surface area (Å²) in [7, 11) is 0. The molecule has 124 valence electrons. The van der Waals surface area contributed by atoms with Crippen LogP contribution in [-0.4, -0.2) is 0 Å². The molecule has 0 fully saturated rings. The zero-order valence-electron chi connectivity index (χ0n) is 14.7. The Labute approximate surface area is 170 Å². The standard InChI is InChI=1S/C13H12Br.C10H9.Zr/c1-8-5-10-7-9-3-2-4-11(9)13(14)12(10)6-8;1-8-6-7-9-4-2-3-5-10(8)9;/h5-7H,2-4H2,1H3;2-7H,1H3;. The van der Waals surface area contributed by atoms with E-state index in [0.717, 1.165) is 0 Å². The van der Waals surface area contributed by atoms with Crippen molar-refractivity contribution in [2.24, 2.45) is 0 Å². The van der Waals surface area contributed by atoms with Gasteiger partial charge in [-0.2, -0.15) is 0 Å². The van der Waals surface area contributed by atoms with E-state index in [0.29, 0.717) is 6.75 Å². The number of hydrogen-bond acceptors (Lipinski definition) is 0. The Morgan fingerprint density at radius 1 is 1.20 bits per heavy atom. The molecule has 5 rings (SSSR count). The van der Waals surface area contributed by atoms with E-state index in [4.69, 9.17) is 0 Å². The van der Waals surface area contributed by atoms with E-state index in [2.05, 4.69) is 78.3 Å². The maximum absolute atomic E-state index is 3.95. The van der Waals surface area contributed by atoms with Gasteiger partial charge in [0.15, 0.2) is 0 Å². The number of halogens is 1. The summed E-state index contributed by atoms with van der Waals surface area (Å²) < 4.78 is 2.39. The average Bonchev–Trinajstić information content (AvgIpc) is 3.28. The molecule has 3 aliphatic rings. The molecule has 0 saturated carbocycles. The Morgan fingerprint density at radius 3 is 2.92 bits per heavy atom. The third kappa shape index (κ3) is 2.47. The van der Waals surface area contributed by atoms with Gasteiger partial charge in [-0.25, -0.2) is 0 Å². The van der Waals surface area contributed by atoms with Gasteiger partial charge in [-0.05, 0) is 0 Å². The first-order valence-corrected chi connectivity index (χ1v) is 12.6. The second-order valence-electron chi connectivity index (χ2n) is 7.77. The first-order valence-electron chi connectivity index (χ1n) is 9.15. The van der Waals surface area contributed by atoms with Crippen molar-refractivity contribution in [3.05, 3.63) is 79.8 Å².